The van der Waals surface area contributed by atoms with Gasteiger partial charge in [0.25, 0.3) is 0 Å². The van der Waals surface area contributed by atoms with Crippen LogP contribution in [0.2, 0.25) is 0 Å². The maximum absolute atomic E-state index is 13.1. The molecule has 7 nitrogen and oxygen atoms in total. The molecule has 2 heterocycles. The van der Waals surface area contributed by atoms with Crippen molar-refractivity contribution in [3.63, 3.8) is 0 Å². The number of para-hydroxylation sites is 2. The van der Waals surface area contributed by atoms with Crippen LogP contribution in [-0.4, -0.2) is 56.0 Å². The normalized spacial score (nSPS) is 15.0. The van der Waals surface area contributed by atoms with Gasteiger partial charge in [0.15, 0.2) is 5.82 Å². The molecule has 0 radical (unpaired) electrons. The van der Waals surface area contributed by atoms with E-state index in [2.05, 4.69) is 4.90 Å². The highest BCUT2D eigenvalue weighted by molar-refractivity contribution is 7.89. The Hall–Kier alpha value is -3.49. The summed E-state index contributed by atoms with van der Waals surface area (Å²) in [7, 11) is -2.02. The second-order valence-corrected chi connectivity index (χ2v) is 9.76. The number of benzene rings is 3. The first-order chi connectivity index (χ1) is 16.1. The Morgan fingerprint density at radius 3 is 2.00 bits per heavy atom. The van der Waals surface area contributed by atoms with E-state index in [0.717, 1.165) is 28.1 Å². The van der Waals surface area contributed by atoms with Gasteiger partial charge in [0, 0.05) is 31.7 Å². The maximum atomic E-state index is 13.1. The van der Waals surface area contributed by atoms with Crippen LogP contribution in [0.5, 0.6) is 5.75 Å². The number of anilines is 1. The highest BCUT2D eigenvalue weighted by atomic mass is 32.2. The smallest absolute Gasteiger partial charge is 0.243 e. The number of sulfonamides is 1. The minimum Gasteiger partial charge on any atom is -0.497 e. The molecule has 0 spiro atoms. The number of hydrogen-bond donors (Lipinski definition) is 0. The fraction of sp³-hybridized carbons (Fsp3) is 0.200. The zero-order chi connectivity index (χ0) is 22.8. The molecule has 1 fully saturated rings. The highest BCUT2D eigenvalue weighted by Crippen LogP contribution is 2.31. The number of rotatable bonds is 5. The lowest BCUT2D eigenvalue weighted by atomic mass is 10.1. The average Bonchev–Trinajstić information content (AvgIpc) is 2.88. The van der Waals surface area contributed by atoms with Gasteiger partial charge in [-0.25, -0.2) is 18.4 Å². The van der Waals surface area contributed by atoms with Gasteiger partial charge in [0.1, 0.15) is 11.4 Å². The molecule has 1 saturated heterocycles. The van der Waals surface area contributed by atoms with Gasteiger partial charge in [-0.15, -0.1) is 0 Å². The molecule has 1 aliphatic heterocycles. The van der Waals surface area contributed by atoms with E-state index in [-0.39, 0.29) is 4.90 Å². The van der Waals surface area contributed by atoms with E-state index in [1.165, 1.54) is 4.31 Å². The van der Waals surface area contributed by atoms with Crippen molar-refractivity contribution in [2.45, 2.75) is 4.90 Å². The molecule has 4 aromatic rings. The SMILES string of the molecule is COc1ccc(S(=O)(=O)N2CCN(c3nc4ccccc4nc3-c3ccccc3)CC2)cc1. The lowest BCUT2D eigenvalue weighted by molar-refractivity contribution is 0.383. The number of hydrogen-bond acceptors (Lipinski definition) is 6. The molecule has 168 valence electrons. The fourth-order valence-electron chi connectivity index (χ4n) is 4.04. The van der Waals surface area contributed by atoms with Crippen LogP contribution in [0.3, 0.4) is 0 Å². The maximum Gasteiger partial charge on any atom is 0.243 e. The molecule has 1 aliphatic rings. The second-order valence-electron chi connectivity index (χ2n) is 7.82. The lowest BCUT2D eigenvalue weighted by Gasteiger charge is -2.35. The molecule has 33 heavy (non-hydrogen) atoms. The molecule has 0 atom stereocenters. The first kappa shape index (κ1) is 21.4. The molecule has 0 N–H and O–H groups in total. The van der Waals surface area contributed by atoms with Crippen molar-refractivity contribution in [1.82, 2.24) is 14.3 Å². The van der Waals surface area contributed by atoms with Crippen molar-refractivity contribution >= 4 is 26.9 Å². The number of nitrogens with zero attached hydrogens (tertiary/aromatic N) is 4. The summed E-state index contributed by atoms with van der Waals surface area (Å²) in [6.45, 7) is 1.80. The summed E-state index contributed by atoms with van der Waals surface area (Å²) < 4.78 is 32.9. The van der Waals surface area contributed by atoms with Gasteiger partial charge in [-0.2, -0.15) is 4.31 Å². The Balaban J connectivity index is 1.43. The van der Waals surface area contributed by atoms with Gasteiger partial charge in [0.05, 0.1) is 23.0 Å². The minimum atomic E-state index is -3.57. The van der Waals surface area contributed by atoms with E-state index in [0.29, 0.717) is 31.9 Å². The summed E-state index contributed by atoms with van der Waals surface area (Å²) in [5.41, 5.74) is 3.45. The predicted octanol–water partition coefficient (Wildman–Crippen LogP) is 3.82. The molecular weight excluding hydrogens is 436 g/mol. The highest BCUT2D eigenvalue weighted by Gasteiger charge is 2.30. The lowest BCUT2D eigenvalue weighted by Crippen LogP contribution is -2.49. The van der Waals surface area contributed by atoms with Crippen molar-refractivity contribution < 1.29 is 13.2 Å². The fourth-order valence-corrected chi connectivity index (χ4v) is 5.46. The summed E-state index contributed by atoms with van der Waals surface area (Å²) in [6, 6.07) is 24.3. The van der Waals surface area contributed by atoms with E-state index in [1.807, 2.05) is 54.6 Å². The number of fused-ring (bicyclic) bond motifs is 1. The summed E-state index contributed by atoms with van der Waals surface area (Å²) >= 11 is 0. The van der Waals surface area contributed by atoms with E-state index in [1.54, 1.807) is 31.4 Å². The summed E-state index contributed by atoms with van der Waals surface area (Å²) in [5.74, 6) is 1.41. The Morgan fingerprint density at radius 2 is 1.36 bits per heavy atom. The van der Waals surface area contributed by atoms with Crippen LogP contribution in [0.15, 0.2) is 83.8 Å². The van der Waals surface area contributed by atoms with Crippen LogP contribution in [0.1, 0.15) is 0 Å². The summed E-state index contributed by atoms with van der Waals surface area (Å²) in [4.78, 5) is 12.2. The number of aromatic nitrogens is 2. The zero-order valence-electron chi connectivity index (χ0n) is 18.3. The van der Waals surface area contributed by atoms with Crippen LogP contribution in [0.25, 0.3) is 22.3 Å². The third-order valence-electron chi connectivity index (χ3n) is 5.83. The minimum absolute atomic E-state index is 0.271. The van der Waals surface area contributed by atoms with E-state index in [4.69, 9.17) is 14.7 Å². The molecule has 0 unspecified atom stereocenters. The summed E-state index contributed by atoms with van der Waals surface area (Å²) in [5, 5.41) is 0. The van der Waals surface area contributed by atoms with Crippen LogP contribution in [0, 0.1) is 0 Å². The van der Waals surface area contributed by atoms with Crippen molar-refractivity contribution in [1.29, 1.82) is 0 Å². The second kappa shape index (κ2) is 8.80. The Morgan fingerprint density at radius 1 is 0.758 bits per heavy atom. The first-order valence-corrected chi connectivity index (χ1v) is 12.2. The van der Waals surface area contributed by atoms with Crippen LogP contribution < -0.4 is 9.64 Å². The number of methoxy groups -OCH3 is 1. The first-order valence-electron chi connectivity index (χ1n) is 10.8. The molecule has 0 saturated carbocycles. The Bertz CT molecular complexity index is 1370. The van der Waals surface area contributed by atoms with Gasteiger partial charge in [-0.1, -0.05) is 42.5 Å². The van der Waals surface area contributed by atoms with Gasteiger partial charge < -0.3 is 9.64 Å². The summed E-state index contributed by atoms with van der Waals surface area (Å²) in [6.07, 6.45) is 0. The average molecular weight is 461 g/mol. The van der Waals surface area contributed by atoms with Crippen LogP contribution >= 0.6 is 0 Å². The zero-order valence-corrected chi connectivity index (χ0v) is 19.1. The largest absolute Gasteiger partial charge is 0.497 e. The van der Waals surface area contributed by atoms with Gasteiger partial charge >= 0.3 is 0 Å². The van der Waals surface area contributed by atoms with E-state index < -0.39 is 10.0 Å². The Labute approximate surface area is 193 Å². The van der Waals surface area contributed by atoms with Gasteiger partial charge in [0.2, 0.25) is 10.0 Å². The van der Waals surface area contributed by atoms with Crippen molar-refractivity contribution in [3.8, 4) is 17.0 Å². The van der Waals surface area contributed by atoms with Crippen molar-refractivity contribution in [2.75, 3.05) is 38.2 Å². The molecular formula is C25H24N4O3S. The molecule has 1 aromatic heterocycles. The van der Waals surface area contributed by atoms with E-state index in [9.17, 15) is 8.42 Å². The topological polar surface area (TPSA) is 75.6 Å². The molecule has 0 amide bonds. The predicted molar refractivity (Wildman–Crippen MR) is 129 cm³/mol. The van der Waals surface area contributed by atoms with Crippen LogP contribution in [-0.2, 0) is 10.0 Å². The molecule has 8 heteroatoms. The quantitative estimate of drug-likeness (QED) is 0.451. The third kappa shape index (κ3) is 4.15. The third-order valence-corrected chi connectivity index (χ3v) is 7.75. The monoisotopic (exact) mass is 460 g/mol. The molecule has 5 rings (SSSR count). The number of ether oxygens (including phenoxy) is 1. The van der Waals surface area contributed by atoms with Crippen molar-refractivity contribution in [2.24, 2.45) is 0 Å². The van der Waals surface area contributed by atoms with Crippen LogP contribution in [0.4, 0.5) is 5.82 Å². The Kier molecular flexibility index (Phi) is 5.70. The van der Waals surface area contributed by atoms with E-state index >= 15 is 0 Å². The number of piperazine rings is 1. The van der Waals surface area contributed by atoms with Crippen molar-refractivity contribution in [3.05, 3.63) is 78.9 Å². The standard InChI is InChI=1S/C25H24N4O3S/c1-32-20-11-13-21(14-12-20)33(30,31)29-17-15-28(16-18-29)25-24(19-7-3-2-4-8-19)26-22-9-5-6-10-23(22)27-25/h2-14H,15-18H2,1H3. The molecule has 0 bridgehead atoms. The molecule has 3 aromatic carbocycles. The molecule has 0 aliphatic carbocycles. The van der Waals surface area contributed by atoms with Gasteiger partial charge in [-0.3, -0.25) is 0 Å². The van der Waals surface area contributed by atoms with Gasteiger partial charge in [-0.05, 0) is 36.4 Å².